The lowest BCUT2D eigenvalue weighted by Crippen LogP contribution is -2.29. The van der Waals surface area contributed by atoms with Crippen molar-refractivity contribution in [1.29, 1.82) is 0 Å². The first-order chi connectivity index (χ1) is 13.4. The van der Waals surface area contributed by atoms with Gasteiger partial charge in [-0.3, -0.25) is 14.9 Å². The Morgan fingerprint density at radius 1 is 1.11 bits per heavy atom. The summed E-state index contributed by atoms with van der Waals surface area (Å²) < 4.78 is 25.7. The highest BCUT2D eigenvalue weighted by atomic mass is 32.2. The third-order valence-corrected chi connectivity index (χ3v) is 5.62. The Balaban J connectivity index is 1.63. The summed E-state index contributed by atoms with van der Waals surface area (Å²) in [5.41, 5.74) is 0.411. The van der Waals surface area contributed by atoms with Crippen molar-refractivity contribution in [3.05, 3.63) is 82.7 Å². The minimum absolute atomic E-state index is 0.0697. The summed E-state index contributed by atoms with van der Waals surface area (Å²) in [5.74, 6) is -0.776. The Kier molecular flexibility index (Phi) is 5.50. The van der Waals surface area contributed by atoms with Crippen molar-refractivity contribution in [1.82, 2.24) is 15.1 Å². The molecule has 0 saturated heterocycles. The van der Waals surface area contributed by atoms with E-state index < -0.39 is 20.7 Å². The van der Waals surface area contributed by atoms with Crippen LogP contribution in [-0.4, -0.2) is 41.3 Å². The molecule has 1 aromatic heterocycles. The van der Waals surface area contributed by atoms with Crippen molar-refractivity contribution in [3.8, 4) is 5.69 Å². The Labute approximate surface area is 160 Å². The number of rotatable bonds is 7. The smallest absolute Gasteiger partial charge is 0.271 e. The van der Waals surface area contributed by atoms with Crippen LogP contribution in [0.15, 0.2) is 71.8 Å². The van der Waals surface area contributed by atoms with E-state index in [9.17, 15) is 23.3 Å². The number of carbonyl (C=O) groups excluding carboxylic acids is 1. The van der Waals surface area contributed by atoms with E-state index in [1.54, 1.807) is 24.3 Å². The van der Waals surface area contributed by atoms with E-state index in [4.69, 9.17) is 0 Å². The zero-order valence-electron chi connectivity index (χ0n) is 14.6. The maximum absolute atomic E-state index is 12.2. The van der Waals surface area contributed by atoms with Crippen LogP contribution in [0, 0.1) is 10.1 Å². The zero-order chi connectivity index (χ0) is 20.1. The van der Waals surface area contributed by atoms with Crippen LogP contribution in [0.2, 0.25) is 0 Å². The summed E-state index contributed by atoms with van der Waals surface area (Å²) in [4.78, 5) is 22.7. The zero-order valence-corrected chi connectivity index (χ0v) is 15.4. The Morgan fingerprint density at radius 3 is 2.57 bits per heavy atom. The lowest BCUT2D eigenvalue weighted by molar-refractivity contribution is -0.384. The summed E-state index contributed by atoms with van der Waals surface area (Å²) >= 11 is 0. The van der Waals surface area contributed by atoms with Gasteiger partial charge in [0.2, 0.25) is 0 Å². The second-order valence-electron chi connectivity index (χ2n) is 5.81. The molecular weight excluding hydrogens is 384 g/mol. The van der Waals surface area contributed by atoms with Gasteiger partial charge in [0.05, 0.1) is 21.3 Å². The standard InChI is InChI=1S/C18H16N4O5S/c23-18(19-10-12-28(26,27)16-7-2-1-3-8-16)17-9-11-21(20-17)14-5-4-6-15(13-14)22(24)25/h1-9,11,13H,10,12H2,(H,19,23). The predicted molar refractivity (Wildman–Crippen MR) is 101 cm³/mol. The van der Waals surface area contributed by atoms with E-state index in [-0.39, 0.29) is 28.6 Å². The van der Waals surface area contributed by atoms with Gasteiger partial charge in [-0.05, 0) is 24.3 Å². The molecule has 0 aliphatic rings. The highest BCUT2D eigenvalue weighted by Crippen LogP contribution is 2.16. The number of hydrogen-bond donors (Lipinski definition) is 1. The van der Waals surface area contributed by atoms with Crippen LogP contribution in [0.1, 0.15) is 10.5 Å². The van der Waals surface area contributed by atoms with E-state index >= 15 is 0 Å². The second-order valence-corrected chi connectivity index (χ2v) is 7.92. The molecule has 1 N–H and O–H groups in total. The third-order valence-electron chi connectivity index (χ3n) is 3.89. The van der Waals surface area contributed by atoms with Gasteiger partial charge in [-0.1, -0.05) is 24.3 Å². The van der Waals surface area contributed by atoms with Crippen LogP contribution < -0.4 is 5.32 Å². The number of nitro benzene ring substituents is 1. The Bertz CT molecular complexity index is 1110. The predicted octanol–water partition coefficient (Wildman–Crippen LogP) is 1.98. The molecule has 3 aromatic rings. The molecule has 0 aliphatic heterocycles. The molecule has 144 valence electrons. The monoisotopic (exact) mass is 400 g/mol. The number of nitro groups is 1. The van der Waals surface area contributed by atoms with Crippen LogP contribution in [0.25, 0.3) is 5.69 Å². The molecule has 0 saturated carbocycles. The number of carbonyl (C=O) groups is 1. The van der Waals surface area contributed by atoms with Crippen molar-refractivity contribution < 1.29 is 18.1 Å². The molecule has 3 rings (SSSR count). The summed E-state index contributed by atoms with van der Waals surface area (Å²) in [7, 11) is -3.49. The SMILES string of the molecule is O=C(NCCS(=O)(=O)c1ccccc1)c1ccn(-c2cccc([N+](=O)[O-])c2)n1. The van der Waals surface area contributed by atoms with Crippen LogP contribution >= 0.6 is 0 Å². The second kappa shape index (κ2) is 8.01. The van der Waals surface area contributed by atoms with E-state index in [1.165, 1.54) is 47.3 Å². The number of sulfone groups is 1. The van der Waals surface area contributed by atoms with Gasteiger partial charge in [0, 0.05) is 24.9 Å². The maximum Gasteiger partial charge on any atom is 0.271 e. The average molecular weight is 400 g/mol. The van der Waals surface area contributed by atoms with E-state index in [0.29, 0.717) is 5.69 Å². The molecule has 0 bridgehead atoms. The molecule has 10 heteroatoms. The fourth-order valence-electron chi connectivity index (χ4n) is 2.47. The first-order valence-electron chi connectivity index (χ1n) is 8.23. The minimum atomic E-state index is -3.49. The number of amides is 1. The number of nitrogens with one attached hydrogen (secondary N) is 1. The van der Waals surface area contributed by atoms with Gasteiger partial charge in [0.15, 0.2) is 15.5 Å². The highest BCUT2D eigenvalue weighted by molar-refractivity contribution is 7.91. The topological polar surface area (TPSA) is 124 Å². The first-order valence-corrected chi connectivity index (χ1v) is 9.88. The molecule has 0 atom stereocenters. The van der Waals surface area contributed by atoms with Crippen molar-refractivity contribution in [3.63, 3.8) is 0 Å². The Hall–Kier alpha value is -3.53. The molecule has 0 radical (unpaired) electrons. The van der Waals surface area contributed by atoms with E-state index in [0.717, 1.165) is 0 Å². The van der Waals surface area contributed by atoms with Gasteiger partial charge in [-0.2, -0.15) is 5.10 Å². The molecule has 1 amide bonds. The van der Waals surface area contributed by atoms with Gasteiger partial charge < -0.3 is 5.32 Å². The summed E-state index contributed by atoms with van der Waals surface area (Å²) in [6.07, 6.45) is 1.49. The largest absolute Gasteiger partial charge is 0.350 e. The number of benzene rings is 2. The van der Waals surface area contributed by atoms with Gasteiger partial charge in [0.1, 0.15) is 0 Å². The molecule has 2 aromatic carbocycles. The van der Waals surface area contributed by atoms with Crippen LogP contribution in [-0.2, 0) is 9.84 Å². The third kappa shape index (κ3) is 4.41. The lowest BCUT2D eigenvalue weighted by atomic mass is 10.3. The number of non-ortho nitro benzene ring substituents is 1. The summed E-state index contributed by atoms with van der Waals surface area (Å²) in [5, 5.41) is 17.5. The van der Waals surface area contributed by atoms with Crippen LogP contribution in [0.4, 0.5) is 5.69 Å². The molecule has 0 fully saturated rings. The Morgan fingerprint density at radius 2 is 1.86 bits per heavy atom. The van der Waals surface area contributed by atoms with Crippen molar-refractivity contribution in [2.24, 2.45) is 0 Å². The normalized spacial score (nSPS) is 11.1. The van der Waals surface area contributed by atoms with E-state index in [1.807, 2.05) is 0 Å². The maximum atomic E-state index is 12.2. The molecule has 0 spiro atoms. The van der Waals surface area contributed by atoms with Crippen molar-refractivity contribution >= 4 is 21.4 Å². The number of hydrogen-bond acceptors (Lipinski definition) is 6. The molecule has 1 heterocycles. The van der Waals surface area contributed by atoms with Crippen LogP contribution in [0.3, 0.4) is 0 Å². The molecule has 9 nitrogen and oxygen atoms in total. The number of aromatic nitrogens is 2. The van der Waals surface area contributed by atoms with Gasteiger partial charge in [-0.25, -0.2) is 13.1 Å². The summed E-state index contributed by atoms with van der Waals surface area (Å²) in [6, 6.07) is 15.2. The van der Waals surface area contributed by atoms with E-state index in [2.05, 4.69) is 10.4 Å². The fraction of sp³-hybridized carbons (Fsp3) is 0.111. The van der Waals surface area contributed by atoms with Gasteiger partial charge >= 0.3 is 0 Å². The number of nitrogens with zero attached hydrogens (tertiary/aromatic N) is 3. The quantitative estimate of drug-likeness (QED) is 0.478. The molecule has 0 unspecified atom stereocenters. The molecular formula is C18H16N4O5S. The average Bonchev–Trinajstić information content (AvgIpc) is 3.19. The van der Waals surface area contributed by atoms with Gasteiger partial charge in [0.25, 0.3) is 11.6 Å². The van der Waals surface area contributed by atoms with Gasteiger partial charge in [-0.15, -0.1) is 0 Å². The molecule has 0 aliphatic carbocycles. The van der Waals surface area contributed by atoms with Crippen LogP contribution in [0.5, 0.6) is 0 Å². The lowest BCUT2D eigenvalue weighted by Gasteiger charge is -2.05. The summed E-state index contributed by atoms with van der Waals surface area (Å²) in [6.45, 7) is -0.0697. The van der Waals surface area contributed by atoms with Crippen molar-refractivity contribution in [2.75, 3.05) is 12.3 Å². The van der Waals surface area contributed by atoms with Crippen molar-refractivity contribution in [2.45, 2.75) is 4.90 Å². The highest BCUT2D eigenvalue weighted by Gasteiger charge is 2.16. The fourth-order valence-corrected chi connectivity index (χ4v) is 3.65. The minimum Gasteiger partial charge on any atom is -0.350 e. The first kappa shape index (κ1) is 19.2. The molecule has 28 heavy (non-hydrogen) atoms.